The topological polar surface area (TPSA) is 22.0 Å². The van der Waals surface area contributed by atoms with E-state index < -0.39 is 0 Å². The Labute approximate surface area is 102 Å². The summed E-state index contributed by atoms with van der Waals surface area (Å²) in [5.41, 5.74) is 3.49. The van der Waals surface area contributed by atoms with Crippen LogP contribution in [0.1, 0.15) is 30.9 Å². The van der Waals surface area contributed by atoms with E-state index in [9.17, 15) is 4.79 Å². The molecule has 0 saturated carbocycles. The van der Waals surface area contributed by atoms with Crippen LogP contribution in [-0.4, -0.2) is 4.57 Å². The van der Waals surface area contributed by atoms with E-state index in [4.69, 9.17) is 0 Å². The fourth-order valence-corrected chi connectivity index (χ4v) is 2.10. The molecule has 0 spiro atoms. The van der Waals surface area contributed by atoms with Crippen molar-refractivity contribution in [3.05, 3.63) is 64.1 Å². The summed E-state index contributed by atoms with van der Waals surface area (Å²) in [5, 5.41) is 0. The highest BCUT2D eigenvalue weighted by molar-refractivity contribution is 5.41. The first-order valence-electron chi connectivity index (χ1n) is 5.88. The van der Waals surface area contributed by atoms with Crippen molar-refractivity contribution in [2.75, 3.05) is 0 Å². The van der Waals surface area contributed by atoms with Crippen LogP contribution in [0.2, 0.25) is 0 Å². The monoisotopic (exact) mass is 227 g/mol. The lowest BCUT2D eigenvalue weighted by Gasteiger charge is -2.12. The van der Waals surface area contributed by atoms with Gasteiger partial charge in [-0.3, -0.25) is 9.36 Å². The van der Waals surface area contributed by atoms with Gasteiger partial charge in [-0.2, -0.15) is 0 Å². The Morgan fingerprint density at radius 1 is 1.12 bits per heavy atom. The highest BCUT2D eigenvalue weighted by atomic mass is 16.1. The van der Waals surface area contributed by atoms with Gasteiger partial charge in [0.05, 0.1) is 0 Å². The van der Waals surface area contributed by atoms with E-state index in [0.717, 1.165) is 5.69 Å². The normalized spacial score (nSPS) is 10.8. The second-order valence-corrected chi connectivity index (χ2v) is 4.60. The van der Waals surface area contributed by atoms with Crippen LogP contribution in [0.4, 0.5) is 0 Å². The predicted molar refractivity (Wildman–Crippen MR) is 70.9 cm³/mol. The fraction of sp³-hybridized carbons (Fsp3) is 0.267. The number of benzene rings is 1. The Bertz CT molecular complexity index is 581. The average molecular weight is 227 g/mol. The molecule has 2 rings (SSSR count). The van der Waals surface area contributed by atoms with Gasteiger partial charge in [0.1, 0.15) is 0 Å². The molecule has 2 nitrogen and oxygen atoms in total. The van der Waals surface area contributed by atoms with Crippen molar-refractivity contribution in [1.82, 2.24) is 4.57 Å². The predicted octanol–water partition coefficient (Wildman–Crippen LogP) is 3.27. The molecule has 0 unspecified atom stereocenters. The molecule has 1 heterocycles. The maximum atomic E-state index is 11.7. The Morgan fingerprint density at radius 3 is 2.47 bits per heavy atom. The third-order valence-electron chi connectivity index (χ3n) is 2.98. The van der Waals surface area contributed by atoms with Gasteiger partial charge in [-0.1, -0.05) is 26.0 Å². The number of aryl methyl sites for hydroxylation is 1. The lowest BCUT2D eigenvalue weighted by molar-refractivity contribution is 0.853. The zero-order chi connectivity index (χ0) is 12.4. The van der Waals surface area contributed by atoms with E-state index in [2.05, 4.69) is 32.9 Å². The number of pyridine rings is 1. The molecule has 1 aromatic carbocycles. The number of hydrogen-bond donors (Lipinski definition) is 0. The first-order valence-corrected chi connectivity index (χ1v) is 5.88. The maximum Gasteiger partial charge on any atom is 0.255 e. The van der Waals surface area contributed by atoms with E-state index >= 15 is 0 Å². The Kier molecular flexibility index (Phi) is 3.14. The van der Waals surface area contributed by atoms with E-state index in [1.807, 2.05) is 12.1 Å². The van der Waals surface area contributed by atoms with E-state index in [0.29, 0.717) is 5.92 Å². The zero-order valence-electron chi connectivity index (χ0n) is 10.5. The summed E-state index contributed by atoms with van der Waals surface area (Å²) in [7, 11) is 0. The molecule has 1 aromatic heterocycles. The van der Waals surface area contributed by atoms with Crippen LogP contribution in [-0.2, 0) is 0 Å². The van der Waals surface area contributed by atoms with Crippen molar-refractivity contribution in [1.29, 1.82) is 0 Å². The molecule has 0 radical (unpaired) electrons. The molecule has 0 bridgehead atoms. The van der Waals surface area contributed by atoms with Crippen LogP contribution in [0.5, 0.6) is 0 Å². The lowest BCUT2D eigenvalue weighted by Crippen LogP contribution is -2.15. The first-order chi connectivity index (χ1) is 8.09. The molecular formula is C15H17NO. The molecule has 0 amide bonds. The van der Waals surface area contributed by atoms with Crippen molar-refractivity contribution >= 4 is 0 Å². The minimum absolute atomic E-state index is 0.00389. The Morgan fingerprint density at radius 2 is 1.88 bits per heavy atom. The fourth-order valence-electron chi connectivity index (χ4n) is 2.10. The van der Waals surface area contributed by atoms with Crippen molar-refractivity contribution in [3.8, 4) is 5.69 Å². The van der Waals surface area contributed by atoms with Gasteiger partial charge in [0, 0.05) is 18.0 Å². The van der Waals surface area contributed by atoms with Crippen LogP contribution in [0.25, 0.3) is 5.69 Å². The van der Waals surface area contributed by atoms with E-state index in [1.165, 1.54) is 11.1 Å². The van der Waals surface area contributed by atoms with Gasteiger partial charge in [0.15, 0.2) is 0 Å². The van der Waals surface area contributed by atoms with Gasteiger partial charge >= 0.3 is 0 Å². The third kappa shape index (κ3) is 2.31. The van der Waals surface area contributed by atoms with Gasteiger partial charge in [-0.15, -0.1) is 0 Å². The summed E-state index contributed by atoms with van der Waals surface area (Å²) in [6.07, 6.45) is 1.80. The summed E-state index contributed by atoms with van der Waals surface area (Å²) in [4.78, 5) is 11.7. The smallest absolute Gasteiger partial charge is 0.255 e. The van der Waals surface area contributed by atoms with E-state index in [-0.39, 0.29) is 5.56 Å². The van der Waals surface area contributed by atoms with Gasteiger partial charge < -0.3 is 0 Å². The first kappa shape index (κ1) is 11.6. The van der Waals surface area contributed by atoms with E-state index in [1.54, 1.807) is 22.9 Å². The second kappa shape index (κ2) is 4.58. The van der Waals surface area contributed by atoms with Crippen LogP contribution < -0.4 is 5.56 Å². The minimum atomic E-state index is 0.00389. The van der Waals surface area contributed by atoms with Crippen molar-refractivity contribution in [2.24, 2.45) is 0 Å². The minimum Gasteiger partial charge on any atom is -0.284 e. The largest absolute Gasteiger partial charge is 0.284 e. The SMILES string of the molecule is Cc1cc(-n2ccccc2=O)ccc1C(C)C. The number of hydrogen-bond acceptors (Lipinski definition) is 1. The average Bonchev–Trinajstić information content (AvgIpc) is 2.29. The van der Waals surface area contributed by atoms with Gasteiger partial charge in [0.2, 0.25) is 0 Å². The second-order valence-electron chi connectivity index (χ2n) is 4.60. The Hall–Kier alpha value is -1.83. The molecule has 0 aliphatic heterocycles. The number of aromatic nitrogens is 1. The van der Waals surface area contributed by atoms with Crippen LogP contribution in [0.15, 0.2) is 47.4 Å². The summed E-state index contributed by atoms with van der Waals surface area (Å²) in [6, 6.07) is 11.4. The molecular weight excluding hydrogens is 210 g/mol. The van der Waals surface area contributed by atoms with Crippen LogP contribution in [0, 0.1) is 6.92 Å². The van der Waals surface area contributed by atoms with Crippen molar-refractivity contribution < 1.29 is 0 Å². The number of rotatable bonds is 2. The van der Waals surface area contributed by atoms with Crippen LogP contribution >= 0.6 is 0 Å². The van der Waals surface area contributed by atoms with Crippen LogP contribution in [0.3, 0.4) is 0 Å². The molecule has 0 aliphatic carbocycles. The number of nitrogens with zero attached hydrogens (tertiary/aromatic N) is 1. The van der Waals surface area contributed by atoms with Gasteiger partial charge in [-0.25, -0.2) is 0 Å². The standard InChI is InChI=1S/C15H17NO/c1-11(2)14-8-7-13(10-12(14)3)16-9-5-4-6-15(16)17/h4-11H,1-3H3. The molecule has 88 valence electrons. The maximum absolute atomic E-state index is 11.7. The van der Waals surface area contributed by atoms with Gasteiger partial charge in [0.25, 0.3) is 5.56 Å². The van der Waals surface area contributed by atoms with Crippen molar-refractivity contribution in [3.63, 3.8) is 0 Å². The molecule has 0 N–H and O–H groups in total. The highest BCUT2D eigenvalue weighted by Crippen LogP contribution is 2.21. The van der Waals surface area contributed by atoms with Crippen molar-refractivity contribution in [2.45, 2.75) is 26.7 Å². The Balaban J connectivity index is 2.53. The molecule has 2 aromatic rings. The quantitative estimate of drug-likeness (QED) is 0.771. The summed E-state index contributed by atoms with van der Waals surface area (Å²) < 4.78 is 1.66. The third-order valence-corrected chi connectivity index (χ3v) is 2.98. The van der Waals surface area contributed by atoms with Gasteiger partial charge in [-0.05, 0) is 42.2 Å². The zero-order valence-corrected chi connectivity index (χ0v) is 10.5. The molecule has 17 heavy (non-hydrogen) atoms. The molecule has 2 heteroatoms. The summed E-state index contributed by atoms with van der Waals surface area (Å²) >= 11 is 0. The molecule has 0 fully saturated rings. The molecule has 0 aliphatic rings. The molecule has 0 atom stereocenters. The molecule has 0 saturated heterocycles. The highest BCUT2D eigenvalue weighted by Gasteiger charge is 2.05. The lowest BCUT2D eigenvalue weighted by atomic mass is 9.97. The summed E-state index contributed by atoms with van der Waals surface area (Å²) in [6.45, 7) is 6.44. The summed E-state index contributed by atoms with van der Waals surface area (Å²) in [5.74, 6) is 0.511.